The SMILES string of the molecule is CCOc1ccc(NC(=O)c2ncc(Cl)c(Cl)c2Cl)cc1S(=O)(=O)N(CC)CC. The highest BCUT2D eigenvalue weighted by Crippen LogP contribution is 2.33. The number of amides is 1. The molecule has 1 amide bonds. The second kappa shape index (κ2) is 9.95. The van der Waals surface area contributed by atoms with Gasteiger partial charge in [-0.3, -0.25) is 4.79 Å². The van der Waals surface area contributed by atoms with Crippen molar-refractivity contribution in [2.45, 2.75) is 25.7 Å². The fraction of sp³-hybridized carbons (Fsp3) is 0.333. The first kappa shape index (κ1) is 23.7. The summed E-state index contributed by atoms with van der Waals surface area (Å²) in [7, 11) is -3.82. The molecule has 0 radical (unpaired) electrons. The van der Waals surface area contributed by atoms with Crippen LogP contribution in [0.1, 0.15) is 31.3 Å². The van der Waals surface area contributed by atoms with Gasteiger partial charge in [-0.2, -0.15) is 4.31 Å². The van der Waals surface area contributed by atoms with Crippen molar-refractivity contribution in [3.63, 3.8) is 0 Å². The van der Waals surface area contributed by atoms with Crippen LogP contribution >= 0.6 is 34.8 Å². The van der Waals surface area contributed by atoms with Gasteiger partial charge in [-0.25, -0.2) is 13.4 Å². The third-order valence-corrected chi connectivity index (χ3v) is 7.27. The van der Waals surface area contributed by atoms with Crippen LogP contribution in [0, 0.1) is 0 Å². The molecule has 0 aliphatic heterocycles. The smallest absolute Gasteiger partial charge is 0.275 e. The van der Waals surface area contributed by atoms with E-state index in [9.17, 15) is 13.2 Å². The van der Waals surface area contributed by atoms with Crippen LogP contribution in [0.4, 0.5) is 5.69 Å². The van der Waals surface area contributed by atoms with Gasteiger partial charge in [-0.05, 0) is 25.1 Å². The summed E-state index contributed by atoms with van der Waals surface area (Å²) >= 11 is 17.8. The summed E-state index contributed by atoms with van der Waals surface area (Å²) in [5, 5.41) is 2.60. The number of halogens is 3. The van der Waals surface area contributed by atoms with Gasteiger partial charge in [-0.1, -0.05) is 48.7 Å². The summed E-state index contributed by atoms with van der Waals surface area (Å²) in [5.74, 6) is -0.466. The molecule has 0 spiro atoms. The van der Waals surface area contributed by atoms with Crippen molar-refractivity contribution in [2.24, 2.45) is 0 Å². The molecule has 29 heavy (non-hydrogen) atoms. The predicted molar refractivity (Wildman–Crippen MR) is 115 cm³/mol. The Bertz CT molecular complexity index is 1010. The molecule has 1 aromatic carbocycles. The zero-order chi connectivity index (χ0) is 21.8. The van der Waals surface area contributed by atoms with E-state index in [1.54, 1.807) is 20.8 Å². The number of pyridine rings is 1. The van der Waals surface area contributed by atoms with E-state index in [1.165, 1.54) is 28.7 Å². The molecular formula is C18H20Cl3N3O4S. The molecule has 1 N–H and O–H groups in total. The Hall–Kier alpha value is -1.58. The van der Waals surface area contributed by atoms with Gasteiger partial charge in [0.25, 0.3) is 5.91 Å². The van der Waals surface area contributed by atoms with Crippen LogP contribution in [0.2, 0.25) is 15.1 Å². The number of ether oxygens (including phenoxy) is 1. The minimum atomic E-state index is -3.82. The zero-order valence-corrected chi connectivity index (χ0v) is 19.1. The van der Waals surface area contributed by atoms with E-state index in [-0.39, 0.29) is 43.7 Å². The van der Waals surface area contributed by atoms with Gasteiger partial charge in [0.05, 0.1) is 21.7 Å². The van der Waals surface area contributed by atoms with Crippen LogP contribution in [-0.4, -0.2) is 43.3 Å². The highest BCUT2D eigenvalue weighted by Gasteiger charge is 2.27. The lowest BCUT2D eigenvalue weighted by Crippen LogP contribution is -2.31. The summed E-state index contributed by atoms with van der Waals surface area (Å²) in [5.41, 5.74) is 0.0937. The number of hydrogen-bond donors (Lipinski definition) is 1. The largest absolute Gasteiger partial charge is 0.492 e. The Balaban J connectivity index is 2.45. The number of rotatable bonds is 8. The maximum atomic E-state index is 13.0. The van der Waals surface area contributed by atoms with Gasteiger partial charge in [0, 0.05) is 25.0 Å². The van der Waals surface area contributed by atoms with Crippen molar-refractivity contribution in [3.05, 3.63) is 45.2 Å². The summed E-state index contributed by atoms with van der Waals surface area (Å²) < 4.78 is 32.8. The first-order valence-corrected chi connectivity index (χ1v) is 11.3. The molecule has 158 valence electrons. The van der Waals surface area contributed by atoms with Gasteiger partial charge in [0.2, 0.25) is 10.0 Å². The van der Waals surface area contributed by atoms with E-state index in [0.717, 1.165) is 0 Å². The molecule has 7 nitrogen and oxygen atoms in total. The van der Waals surface area contributed by atoms with E-state index < -0.39 is 15.9 Å². The summed E-state index contributed by atoms with van der Waals surface area (Å²) in [6.07, 6.45) is 1.21. The lowest BCUT2D eigenvalue weighted by molar-refractivity contribution is 0.102. The summed E-state index contributed by atoms with van der Waals surface area (Å²) in [4.78, 5) is 16.4. The average Bonchev–Trinajstić information content (AvgIpc) is 2.68. The first-order valence-electron chi connectivity index (χ1n) is 8.75. The first-order chi connectivity index (χ1) is 13.7. The molecule has 0 unspecified atom stereocenters. The molecule has 0 bridgehead atoms. The standard InChI is InChI=1S/C18H20Cl3N3O4S/c1-4-24(5-2)29(26,27)14-9-11(7-8-13(14)28-6-3)23-18(25)17-16(21)15(20)12(19)10-22-17/h7-10H,4-6H2,1-3H3,(H,23,25). The van der Waals surface area contributed by atoms with E-state index in [4.69, 9.17) is 39.5 Å². The van der Waals surface area contributed by atoms with Crippen molar-refractivity contribution < 1.29 is 17.9 Å². The minimum Gasteiger partial charge on any atom is -0.492 e. The number of hydrogen-bond acceptors (Lipinski definition) is 5. The summed E-state index contributed by atoms with van der Waals surface area (Å²) in [6.45, 7) is 6.11. The van der Waals surface area contributed by atoms with Crippen molar-refractivity contribution >= 4 is 56.4 Å². The Morgan fingerprint density at radius 2 is 1.79 bits per heavy atom. The van der Waals surface area contributed by atoms with Crippen molar-refractivity contribution in [1.82, 2.24) is 9.29 Å². The predicted octanol–water partition coefficient (Wildman–Crippen LogP) is 4.72. The molecule has 2 aromatic rings. The van der Waals surface area contributed by atoms with Crippen LogP contribution in [0.5, 0.6) is 5.75 Å². The highest BCUT2D eigenvalue weighted by molar-refractivity contribution is 7.89. The molecule has 11 heteroatoms. The van der Waals surface area contributed by atoms with E-state index >= 15 is 0 Å². The van der Waals surface area contributed by atoms with Crippen LogP contribution in [0.25, 0.3) is 0 Å². The fourth-order valence-electron chi connectivity index (χ4n) is 2.56. The number of carbonyl (C=O) groups excluding carboxylic acids is 1. The van der Waals surface area contributed by atoms with Crippen molar-refractivity contribution in [1.29, 1.82) is 0 Å². The van der Waals surface area contributed by atoms with Gasteiger partial charge >= 0.3 is 0 Å². The molecule has 0 aliphatic rings. The Morgan fingerprint density at radius 1 is 1.14 bits per heavy atom. The zero-order valence-electron chi connectivity index (χ0n) is 16.0. The number of nitrogens with zero attached hydrogens (tertiary/aromatic N) is 2. The van der Waals surface area contributed by atoms with E-state index in [0.29, 0.717) is 13.1 Å². The molecule has 1 aromatic heterocycles. The van der Waals surface area contributed by atoms with Gasteiger partial charge in [0.15, 0.2) is 0 Å². The van der Waals surface area contributed by atoms with Gasteiger partial charge in [-0.15, -0.1) is 0 Å². The molecule has 0 saturated carbocycles. The van der Waals surface area contributed by atoms with Crippen LogP contribution in [-0.2, 0) is 10.0 Å². The Morgan fingerprint density at radius 3 is 2.38 bits per heavy atom. The third kappa shape index (κ3) is 5.13. The Kier molecular flexibility index (Phi) is 8.13. The molecule has 0 fully saturated rings. The van der Waals surface area contributed by atoms with Gasteiger partial charge in [0.1, 0.15) is 16.3 Å². The number of nitrogens with one attached hydrogen (secondary N) is 1. The number of carbonyl (C=O) groups is 1. The van der Waals surface area contributed by atoms with Crippen molar-refractivity contribution in [3.8, 4) is 5.75 Å². The average molecular weight is 481 g/mol. The minimum absolute atomic E-state index is 0.00461. The second-order valence-electron chi connectivity index (χ2n) is 5.72. The molecule has 1 heterocycles. The highest BCUT2D eigenvalue weighted by atomic mass is 35.5. The molecular weight excluding hydrogens is 461 g/mol. The normalized spacial score (nSPS) is 11.6. The molecule has 0 saturated heterocycles. The molecule has 0 aliphatic carbocycles. The quantitative estimate of drug-likeness (QED) is 0.590. The fourth-order valence-corrected chi connectivity index (χ4v) is 4.74. The number of benzene rings is 1. The van der Waals surface area contributed by atoms with Crippen molar-refractivity contribution in [2.75, 3.05) is 25.0 Å². The summed E-state index contributed by atoms with van der Waals surface area (Å²) in [6, 6.07) is 4.34. The van der Waals surface area contributed by atoms with Crippen LogP contribution < -0.4 is 10.1 Å². The third-order valence-electron chi connectivity index (χ3n) is 3.96. The number of aromatic nitrogens is 1. The topological polar surface area (TPSA) is 88.6 Å². The Labute approximate surface area is 185 Å². The number of anilines is 1. The molecule has 2 rings (SSSR count). The monoisotopic (exact) mass is 479 g/mol. The lowest BCUT2D eigenvalue weighted by Gasteiger charge is -2.21. The maximum Gasteiger partial charge on any atom is 0.275 e. The van der Waals surface area contributed by atoms with Gasteiger partial charge < -0.3 is 10.1 Å². The second-order valence-corrected chi connectivity index (χ2v) is 8.79. The van der Waals surface area contributed by atoms with Crippen LogP contribution in [0.15, 0.2) is 29.3 Å². The maximum absolute atomic E-state index is 13.0. The van der Waals surface area contributed by atoms with E-state index in [2.05, 4.69) is 10.3 Å². The molecule has 0 atom stereocenters. The van der Waals surface area contributed by atoms with E-state index in [1.807, 2.05) is 0 Å². The lowest BCUT2D eigenvalue weighted by atomic mass is 10.2. The van der Waals surface area contributed by atoms with Crippen LogP contribution in [0.3, 0.4) is 0 Å². The number of sulfonamides is 1.